The average molecular weight is 479 g/mol. The van der Waals surface area contributed by atoms with Crippen LogP contribution in [0.3, 0.4) is 0 Å². The Balaban J connectivity index is 1.94. The van der Waals surface area contributed by atoms with Crippen LogP contribution in [0.5, 0.6) is 0 Å². The minimum Gasteiger partial charge on any atom is -0.464 e. The van der Waals surface area contributed by atoms with Crippen LogP contribution >= 0.6 is 11.3 Å². The highest BCUT2D eigenvalue weighted by atomic mass is 32.1. The van der Waals surface area contributed by atoms with Gasteiger partial charge in [0.05, 0.1) is 17.8 Å². The number of esters is 1. The van der Waals surface area contributed by atoms with E-state index in [9.17, 15) is 19.2 Å². The zero-order valence-corrected chi connectivity index (χ0v) is 19.8. The van der Waals surface area contributed by atoms with Crippen LogP contribution in [-0.4, -0.2) is 67.5 Å². The van der Waals surface area contributed by atoms with Gasteiger partial charge in [-0.3, -0.25) is 14.4 Å². The van der Waals surface area contributed by atoms with Gasteiger partial charge in [-0.1, -0.05) is 13.2 Å². The molecule has 0 bridgehead atoms. The van der Waals surface area contributed by atoms with Crippen LogP contribution in [0.1, 0.15) is 53.5 Å². The molecule has 1 aromatic heterocycles. The second kappa shape index (κ2) is 12.9. The van der Waals surface area contributed by atoms with Gasteiger partial charge in [0.1, 0.15) is 11.4 Å². The summed E-state index contributed by atoms with van der Waals surface area (Å²) in [6.07, 6.45) is 3.62. The Labute approximate surface area is 197 Å². The molecule has 11 heteroatoms. The fourth-order valence-electron chi connectivity index (χ4n) is 3.35. The topological polar surface area (TPSA) is 127 Å². The highest BCUT2D eigenvalue weighted by Gasteiger charge is 2.24. The first-order valence-corrected chi connectivity index (χ1v) is 11.5. The minimum absolute atomic E-state index is 0.143. The molecule has 0 aliphatic carbocycles. The second-order valence-electron chi connectivity index (χ2n) is 7.53. The number of likely N-dealkylation sites (tertiary alicyclic amines) is 1. The van der Waals surface area contributed by atoms with Crippen LogP contribution < -0.4 is 10.6 Å². The van der Waals surface area contributed by atoms with Crippen LogP contribution in [0, 0.1) is 0 Å². The second-order valence-corrected chi connectivity index (χ2v) is 8.42. The SMILES string of the molecule is C=C(NC(=O)c1csc(C2CCCC(=O)N(CCCOC)CC2)n1)C(=O)NC(=C)C(=O)OC. The van der Waals surface area contributed by atoms with Gasteiger partial charge in [0.15, 0.2) is 0 Å². The number of carbonyl (C=O) groups is 4. The van der Waals surface area contributed by atoms with E-state index in [-0.39, 0.29) is 28.9 Å². The van der Waals surface area contributed by atoms with E-state index in [0.29, 0.717) is 26.1 Å². The van der Waals surface area contributed by atoms with E-state index in [4.69, 9.17) is 4.74 Å². The van der Waals surface area contributed by atoms with Gasteiger partial charge >= 0.3 is 5.97 Å². The van der Waals surface area contributed by atoms with E-state index in [1.165, 1.54) is 11.3 Å². The maximum atomic E-state index is 12.5. The fourth-order valence-corrected chi connectivity index (χ4v) is 4.32. The van der Waals surface area contributed by atoms with Crippen molar-refractivity contribution in [3.8, 4) is 0 Å². The molecule has 0 spiro atoms. The lowest BCUT2D eigenvalue weighted by Gasteiger charge is -2.27. The molecule has 33 heavy (non-hydrogen) atoms. The fraction of sp³-hybridized carbons (Fsp3) is 0.500. The summed E-state index contributed by atoms with van der Waals surface area (Å²) in [5, 5.41) is 7.03. The molecular weight excluding hydrogens is 448 g/mol. The Hall–Kier alpha value is -3.05. The lowest BCUT2D eigenvalue weighted by molar-refractivity contribution is -0.137. The smallest absolute Gasteiger partial charge is 0.353 e. The van der Waals surface area contributed by atoms with Gasteiger partial charge in [-0.2, -0.15) is 0 Å². The average Bonchev–Trinajstić information content (AvgIpc) is 3.27. The van der Waals surface area contributed by atoms with Crippen LogP contribution in [-0.2, 0) is 23.9 Å². The third-order valence-electron chi connectivity index (χ3n) is 5.16. The third-order valence-corrected chi connectivity index (χ3v) is 6.17. The van der Waals surface area contributed by atoms with E-state index in [1.807, 2.05) is 4.90 Å². The van der Waals surface area contributed by atoms with Gasteiger partial charge in [0, 0.05) is 44.5 Å². The summed E-state index contributed by atoms with van der Waals surface area (Å²) < 4.78 is 9.53. The number of rotatable bonds is 10. The van der Waals surface area contributed by atoms with Crippen LogP contribution in [0.2, 0.25) is 0 Å². The molecule has 1 fully saturated rings. The Morgan fingerprint density at radius 3 is 2.67 bits per heavy atom. The number of methoxy groups -OCH3 is 2. The molecule has 180 valence electrons. The predicted octanol–water partition coefficient (Wildman–Crippen LogP) is 1.71. The monoisotopic (exact) mass is 478 g/mol. The first kappa shape index (κ1) is 26.2. The summed E-state index contributed by atoms with van der Waals surface area (Å²) in [7, 11) is 2.80. The van der Waals surface area contributed by atoms with Gasteiger partial charge in [-0.25, -0.2) is 9.78 Å². The molecule has 3 amide bonds. The zero-order chi connectivity index (χ0) is 24.4. The quantitative estimate of drug-likeness (QED) is 0.298. The Kier molecular flexibility index (Phi) is 10.2. The van der Waals surface area contributed by atoms with Gasteiger partial charge < -0.3 is 25.0 Å². The molecule has 2 N–H and O–H groups in total. The molecule has 10 nitrogen and oxygen atoms in total. The summed E-state index contributed by atoms with van der Waals surface area (Å²) in [5.41, 5.74) is -0.352. The van der Waals surface area contributed by atoms with Crippen LogP contribution in [0.4, 0.5) is 0 Å². The molecule has 1 saturated heterocycles. The maximum Gasteiger partial charge on any atom is 0.353 e. The molecule has 2 heterocycles. The molecule has 0 saturated carbocycles. The normalized spacial score (nSPS) is 16.4. The molecule has 0 radical (unpaired) electrons. The molecule has 2 rings (SSSR count). The number of hydrogen-bond acceptors (Lipinski definition) is 8. The molecular formula is C22H30N4O6S. The maximum absolute atomic E-state index is 12.5. The largest absolute Gasteiger partial charge is 0.464 e. The van der Waals surface area contributed by atoms with E-state index >= 15 is 0 Å². The van der Waals surface area contributed by atoms with Gasteiger partial charge in [-0.15, -0.1) is 11.3 Å². The summed E-state index contributed by atoms with van der Waals surface area (Å²) in [4.78, 5) is 54.6. The zero-order valence-electron chi connectivity index (χ0n) is 19.0. The number of nitrogens with one attached hydrogen (secondary N) is 2. The minimum atomic E-state index is -0.801. The number of hydrogen-bond donors (Lipinski definition) is 2. The van der Waals surface area contributed by atoms with Crippen molar-refractivity contribution in [2.45, 2.75) is 38.0 Å². The number of ether oxygens (including phenoxy) is 2. The van der Waals surface area contributed by atoms with Crippen molar-refractivity contribution in [1.29, 1.82) is 0 Å². The highest BCUT2D eigenvalue weighted by Crippen LogP contribution is 2.30. The first-order valence-electron chi connectivity index (χ1n) is 10.6. The Morgan fingerprint density at radius 1 is 1.21 bits per heavy atom. The molecule has 0 aromatic carbocycles. The van der Waals surface area contributed by atoms with Crippen LogP contribution in [0.25, 0.3) is 0 Å². The van der Waals surface area contributed by atoms with Gasteiger partial charge in [0.25, 0.3) is 11.8 Å². The number of thiazole rings is 1. The van der Waals surface area contributed by atoms with Crippen molar-refractivity contribution in [1.82, 2.24) is 20.5 Å². The summed E-state index contributed by atoms with van der Waals surface area (Å²) in [6.45, 7) is 8.81. The lowest BCUT2D eigenvalue weighted by Crippen LogP contribution is -2.36. The van der Waals surface area contributed by atoms with E-state index in [0.717, 1.165) is 37.8 Å². The van der Waals surface area contributed by atoms with E-state index in [1.54, 1.807) is 12.5 Å². The van der Waals surface area contributed by atoms with Crippen molar-refractivity contribution in [3.63, 3.8) is 0 Å². The van der Waals surface area contributed by atoms with Crippen LogP contribution in [0.15, 0.2) is 29.9 Å². The van der Waals surface area contributed by atoms with Gasteiger partial charge in [0.2, 0.25) is 5.91 Å². The van der Waals surface area contributed by atoms with Gasteiger partial charge in [-0.05, 0) is 25.7 Å². The lowest BCUT2D eigenvalue weighted by atomic mass is 9.96. The van der Waals surface area contributed by atoms with Crippen molar-refractivity contribution in [2.75, 3.05) is 33.9 Å². The van der Waals surface area contributed by atoms with Crippen molar-refractivity contribution in [3.05, 3.63) is 40.6 Å². The molecule has 1 aromatic rings. The number of amides is 3. The predicted molar refractivity (Wildman–Crippen MR) is 122 cm³/mol. The molecule has 1 unspecified atom stereocenters. The summed E-state index contributed by atoms with van der Waals surface area (Å²) >= 11 is 1.38. The standard InChI is InChI=1S/C22H30N4O6S/c1-14(19(28)24-15(2)22(30)32-4)23-20(29)17-13-33-21(25-17)16-7-5-8-18(27)26(11-9-16)10-6-12-31-3/h13,16H,1-2,5-12H2,3-4H3,(H,23,29)(H,24,28). The van der Waals surface area contributed by atoms with Crippen molar-refractivity contribution in [2.24, 2.45) is 0 Å². The summed E-state index contributed by atoms with van der Waals surface area (Å²) in [5.74, 6) is -1.86. The molecule has 1 atom stereocenters. The first-order chi connectivity index (χ1) is 15.8. The third kappa shape index (κ3) is 7.79. The highest BCUT2D eigenvalue weighted by molar-refractivity contribution is 7.09. The van der Waals surface area contributed by atoms with E-state index < -0.39 is 17.8 Å². The summed E-state index contributed by atoms with van der Waals surface area (Å²) in [6, 6.07) is 0. The van der Waals surface area contributed by atoms with E-state index in [2.05, 4.69) is 33.5 Å². The van der Waals surface area contributed by atoms with Crippen molar-refractivity contribution < 1.29 is 28.7 Å². The Bertz CT molecular complexity index is 912. The molecule has 1 aliphatic heterocycles. The van der Waals surface area contributed by atoms with Crippen molar-refractivity contribution >= 4 is 35.0 Å². The number of carbonyl (C=O) groups excluding carboxylic acids is 4. The number of aromatic nitrogens is 1. The number of nitrogens with zero attached hydrogens (tertiary/aromatic N) is 2. The molecule has 1 aliphatic rings. The Morgan fingerprint density at radius 2 is 1.97 bits per heavy atom.